The van der Waals surface area contributed by atoms with Crippen LogP contribution in [0.2, 0.25) is 0 Å². The lowest BCUT2D eigenvalue weighted by Gasteiger charge is -2.33. The van der Waals surface area contributed by atoms with Crippen LogP contribution in [0.25, 0.3) is 0 Å². The molecule has 0 aromatic rings. The van der Waals surface area contributed by atoms with Gasteiger partial charge in [-0.2, -0.15) is 0 Å². The maximum atomic E-state index is 11.7. The van der Waals surface area contributed by atoms with E-state index in [0.717, 1.165) is 6.42 Å². The minimum Gasteiger partial charge on any atom is -0.333 e. The fourth-order valence-corrected chi connectivity index (χ4v) is 1.74. The van der Waals surface area contributed by atoms with Gasteiger partial charge in [-0.1, -0.05) is 13.8 Å². The second-order valence-corrected chi connectivity index (χ2v) is 4.39. The third-order valence-corrected chi connectivity index (χ3v) is 3.29. The highest BCUT2D eigenvalue weighted by Gasteiger charge is 2.32. The van der Waals surface area contributed by atoms with Crippen LogP contribution in [0.4, 0.5) is 0 Å². The standard InChI is InChI=1S/C12H20N2O3/c1-4-9(3)10(15)8-14-7-6-13(5-2)11(16)12(14)17/h9H,4-8H2,1-3H3. The van der Waals surface area contributed by atoms with Crippen molar-refractivity contribution in [1.82, 2.24) is 9.80 Å². The Bertz CT molecular complexity index is 328. The third-order valence-electron chi connectivity index (χ3n) is 3.29. The number of piperazine rings is 1. The minimum atomic E-state index is -0.547. The second-order valence-electron chi connectivity index (χ2n) is 4.39. The van der Waals surface area contributed by atoms with Crippen molar-refractivity contribution in [3.63, 3.8) is 0 Å². The summed E-state index contributed by atoms with van der Waals surface area (Å²) in [6, 6.07) is 0. The summed E-state index contributed by atoms with van der Waals surface area (Å²) in [5.74, 6) is -1.06. The molecule has 1 aliphatic rings. The number of nitrogens with zero attached hydrogens (tertiary/aromatic N) is 2. The lowest BCUT2D eigenvalue weighted by molar-refractivity contribution is -0.156. The Labute approximate surface area is 102 Å². The van der Waals surface area contributed by atoms with Crippen molar-refractivity contribution >= 4 is 17.6 Å². The molecule has 2 amide bonds. The first-order valence-corrected chi connectivity index (χ1v) is 6.12. The molecule has 0 bridgehead atoms. The zero-order chi connectivity index (χ0) is 13.0. The van der Waals surface area contributed by atoms with Gasteiger partial charge < -0.3 is 9.80 Å². The van der Waals surface area contributed by atoms with Gasteiger partial charge in [0.1, 0.15) is 0 Å². The van der Waals surface area contributed by atoms with Crippen LogP contribution < -0.4 is 0 Å². The van der Waals surface area contributed by atoms with Gasteiger partial charge in [-0.3, -0.25) is 14.4 Å². The molecule has 1 rings (SSSR count). The number of hydrogen-bond donors (Lipinski definition) is 0. The van der Waals surface area contributed by atoms with Crippen LogP contribution in [-0.4, -0.2) is 53.6 Å². The quantitative estimate of drug-likeness (QED) is 0.649. The summed E-state index contributed by atoms with van der Waals surface area (Å²) < 4.78 is 0. The van der Waals surface area contributed by atoms with Crippen LogP contribution in [0.3, 0.4) is 0 Å². The Hall–Kier alpha value is -1.39. The number of amides is 2. The van der Waals surface area contributed by atoms with Crippen molar-refractivity contribution in [2.75, 3.05) is 26.2 Å². The lowest BCUT2D eigenvalue weighted by Crippen LogP contribution is -2.55. The summed E-state index contributed by atoms with van der Waals surface area (Å²) in [5.41, 5.74) is 0. The molecule has 0 spiro atoms. The first kappa shape index (κ1) is 13.7. The van der Waals surface area contributed by atoms with E-state index in [4.69, 9.17) is 0 Å². The molecule has 1 aliphatic heterocycles. The van der Waals surface area contributed by atoms with Gasteiger partial charge in [-0.05, 0) is 13.3 Å². The van der Waals surface area contributed by atoms with E-state index < -0.39 is 11.8 Å². The average molecular weight is 240 g/mol. The van der Waals surface area contributed by atoms with E-state index in [2.05, 4.69) is 0 Å². The average Bonchev–Trinajstić information content (AvgIpc) is 2.34. The summed E-state index contributed by atoms with van der Waals surface area (Å²) in [6.45, 7) is 7.21. The van der Waals surface area contributed by atoms with Gasteiger partial charge in [-0.25, -0.2) is 0 Å². The van der Waals surface area contributed by atoms with Gasteiger partial charge >= 0.3 is 11.8 Å². The molecule has 5 nitrogen and oxygen atoms in total. The van der Waals surface area contributed by atoms with Crippen LogP contribution in [0, 0.1) is 5.92 Å². The maximum absolute atomic E-state index is 11.7. The number of rotatable bonds is 5. The van der Waals surface area contributed by atoms with Crippen LogP contribution in [0.1, 0.15) is 27.2 Å². The van der Waals surface area contributed by atoms with Crippen molar-refractivity contribution in [3.8, 4) is 0 Å². The maximum Gasteiger partial charge on any atom is 0.312 e. The van der Waals surface area contributed by atoms with Crippen LogP contribution in [-0.2, 0) is 14.4 Å². The zero-order valence-corrected chi connectivity index (χ0v) is 10.7. The third kappa shape index (κ3) is 3.05. The van der Waals surface area contributed by atoms with E-state index in [1.54, 1.807) is 0 Å². The molecule has 96 valence electrons. The molecule has 1 heterocycles. The predicted octanol–water partition coefficient (Wildman–Crippen LogP) is 0.292. The molecular formula is C12H20N2O3. The fraction of sp³-hybridized carbons (Fsp3) is 0.750. The number of likely N-dealkylation sites (N-methyl/N-ethyl adjacent to an activating group) is 1. The molecule has 1 atom stereocenters. The number of Topliss-reactive ketones (excluding diaryl/α,β-unsaturated/α-hetero) is 1. The van der Waals surface area contributed by atoms with E-state index in [1.807, 2.05) is 20.8 Å². The zero-order valence-electron chi connectivity index (χ0n) is 10.7. The van der Waals surface area contributed by atoms with Crippen molar-refractivity contribution in [1.29, 1.82) is 0 Å². The van der Waals surface area contributed by atoms with Crippen molar-refractivity contribution < 1.29 is 14.4 Å². The molecule has 1 fully saturated rings. The van der Waals surface area contributed by atoms with Gasteiger partial charge in [0.05, 0.1) is 6.54 Å². The number of carbonyl (C=O) groups excluding carboxylic acids is 3. The second kappa shape index (κ2) is 5.80. The van der Waals surface area contributed by atoms with Gasteiger partial charge in [0, 0.05) is 25.6 Å². The van der Waals surface area contributed by atoms with Gasteiger partial charge in [-0.15, -0.1) is 0 Å². The summed E-state index contributed by atoms with van der Waals surface area (Å²) in [4.78, 5) is 37.9. The minimum absolute atomic E-state index is 0.0265. The fourth-order valence-electron chi connectivity index (χ4n) is 1.74. The Morgan fingerprint density at radius 3 is 2.24 bits per heavy atom. The Kier molecular flexibility index (Phi) is 4.66. The SMILES string of the molecule is CCC(C)C(=O)CN1CCN(CC)C(=O)C1=O. The van der Waals surface area contributed by atoms with Crippen LogP contribution in [0.5, 0.6) is 0 Å². The molecule has 0 radical (unpaired) electrons. The molecule has 0 N–H and O–H groups in total. The topological polar surface area (TPSA) is 57.7 Å². The highest BCUT2D eigenvalue weighted by atomic mass is 16.2. The predicted molar refractivity (Wildman–Crippen MR) is 63.3 cm³/mol. The molecule has 0 aromatic heterocycles. The summed E-state index contributed by atoms with van der Waals surface area (Å²) in [5, 5.41) is 0. The molecular weight excluding hydrogens is 220 g/mol. The van der Waals surface area contributed by atoms with Crippen LogP contribution in [0.15, 0.2) is 0 Å². The summed E-state index contributed by atoms with van der Waals surface area (Å²) in [7, 11) is 0. The van der Waals surface area contributed by atoms with E-state index in [0.29, 0.717) is 19.6 Å². The molecule has 17 heavy (non-hydrogen) atoms. The largest absolute Gasteiger partial charge is 0.333 e. The monoisotopic (exact) mass is 240 g/mol. The van der Waals surface area contributed by atoms with Crippen molar-refractivity contribution in [3.05, 3.63) is 0 Å². The van der Waals surface area contributed by atoms with E-state index in [9.17, 15) is 14.4 Å². The Balaban J connectivity index is 2.60. The Morgan fingerprint density at radius 2 is 1.71 bits per heavy atom. The number of hydrogen-bond acceptors (Lipinski definition) is 3. The number of ketones is 1. The van der Waals surface area contributed by atoms with Gasteiger partial charge in [0.15, 0.2) is 5.78 Å². The summed E-state index contributed by atoms with van der Waals surface area (Å²) >= 11 is 0. The molecule has 5 heteroatoms. The highest BCUT2D eigenvalue weighted by molar-refractivity contribution is 6.35. The first-order chi connectivity index (χ1) is 8.01. The Morgan fingerprint density at radius 1 is 1.18 bits per heavy atom. The smallest absolute Gasteiger partial charge is 0.312 e. The van der Waals surface area contributed by atoms with Crippen molar-refractivity contribution in [2.24, 2.45) is 5.92 Å². The number of carbonyl (C=O) groups is 3. The van der Waals surface area contributed by atoms with Crippen molar-refractivity contribution in [2.45, 2.75) is 27.2 Å². The van der Waals surface area contributed by atoms with Gasteiger partial charge in [0.2, 0.25) is 0 Å². The normalized spacial score (nSPS) is 18.5. The van der Waals surface area contributed by atoms with Gasteiger partial charge in [0.25, 0.3) is 0 Å². The van der Waals surface area contributed by atoms with E-state index in [-0.39, 0.29) is 18.2 Å². The molecule has 0 saturated carbocycles. The lowest BCUT2D eigenvalue weighted by atomic mass is 10.0. The molecule has 1 unspecified atom stereocenters. The molecule has 0 aromatic carbocycles. The van der Waals surface area contributed by atoms with E-state index in [1.165, 1.54) is 9.80 Å². The molecule has 0 aliphatic carbocycles. The highest BCUT2D eigenvalue weighted by Crippen LogP contribution is 2.08. The van der Waals surface area contributed by atoms with Crippen LogP contribution >= 0.6 is 0 Å². The summed E-state index contributed by atoms with van der Waals surface area (Å²) in [6.07, 6.45) is 0.760. The molecule has 1 saturated heterocycles. The first-order valence-electron chi connectivity index (χ1n) is 6.12. The van der Waals surface area contributed by atoms with E-state index >= 15 is 0 Å².